The number of phenols is 2. The fourth-order valence-electron chi connectivity index (χ4n) is 4.07. The summed E-state index contributed by atoms with van der Waals surface area (Å²) >= 11 is 0. The number of ether oxygens (including phenoxy) is 1. The molecule has 0 spiro atoms. The quantitative estimate of drug-likeness (QED) is 0.475. The van der Waals surface area contributed by atoms with Gasteiger partial charge in [0, 0.05) is 25.1 Å². The summed E-state index contributed by atoms with van der Waals surface area (Å²) in [6.07, 6.45) is 7.55. The lowest BCUT2D eigenvalue weighted by atomic mass is 9.80. The average Bonchev–Trinajstić information content (AvgIpc) is 2.62. The summed E-state index contributed by atoms with van der Waals surface area (Å²) < 4.78 is 6.41. The third-order valence-corrected chi connectivity index (χ3v) is 5.41. The van der Waals surface area contributed by atoms with Gasteiger partial charge >= 0.3 is 0 Å². The number of benzene rings is 1. The van der Waals surface area contributed by atoms with Gasteiger partial charge in [0.2, 0.25) is 0 Å². The highest BCUT2D eigenvalue weighted by Gasteiger charge is 2.35. The molecule has 0 unspecified atom stereocenters. The van der Waals surface area contributed by atoms with Crippen molar-refractivity contribution in [1.29, 1.82) is 0 Å². The number of aliphatic hydroxyl groups is 1. The van der Waals surface area contributed by atoms with Crippen molar-refractivity contribution in [2.75, 3.05) is 19.7 Å². The van der Waals surface area contributed by atoms with Crippen LogP contribution in [0, 0.1) is 5.92 Å². The topological polar surface area (TPSA) is 82.0 Å². The van der Waals surface area contributed by atoms with E-state index in [4.69, 9.17) is 9.84 Å². The van der Waals surface area contributed by atoms with Crippen LogP contribution in [0.4, 0.5) is 0 Å². The molecule has 1 aliphatic carbocycles. The number of nitrogens with one attached hydrogen (secondary N) is 1. The molecule has 5 heteroatoms. The summed E-state index contributed by atoms with van der Waals surface area (Å²) in [7, 11) is 0. The number of fused-ring (bicyclic) bond motifs is 1. The van der Waals surface area contributed by atoms with Gasteiger partial charge in [0.15, 0.2) is 11.5 Å². The van der Waals surface area contributed by atoms with Gasteiger partial charge < -0.3 is 25.4 Å². The van der Waals surface area contributed by atoms with Crippen molar-refractivity contribution in [3.63, 3.8) is 0 Å². The smallest absolute Gasteiger partial charge is 0.161 e. The molecular formula is C19H29NO4. The van der Waals surface area contributed by atoms with Gasteiger partial charge in [-0.25, -0.2) is 0 Å². The standard InChI is InChI=1S/C19H29NO4/c21-10-4-9-20-12-18-14-7-8-16(22)19(23)15(14)11-17(24-18)13-5-2-1-3-6-13/h7-8,13,17-18,20-23H,1-6,9-12H2/t17-,18-/m0/s1. The minimum Gasteiger partial charge on any atom is -0.504 e. The molecule has 1 aromatic carbocycles. The second-order valence-corrected chi connectivity index (χ2v) is 7.05. The largest absolute Gasteiger partial charge is 0.504 e. The maximum absolute atomic E-state index is 10.3. The molecule has 1 saturated carbocycles. The van der Waals surface area contributed by atoms with E-state index in [0.717, 1.165) is 17.7 Å². The Morgan fingerprint density at radius 2 is 1.92 bits per heavy atom. The Labute approximate surface area is 143 Å². The molecule has 0 aromatic heterocycles. The summed E-state index contributed by atoms with van der Waals surface area (Å²) in [4.78, 5) is 0. The fraction of sp³-hybridized carbons (Fsp3) is 0.684. The van der Waals surface area contributed by atoms with Crippen molar-refractivity contribution < 1.29 is 20.1 Å². The molecule has 2 atom stereocenters. The van der Waals surface area contributed by atoms with Crippen LogP contribution in [0.15, 0.2) is 12.1 Å². The number of phenolic OH excluding ortho intramolecular Hbond substituents is 2. The van der Waals surface area contributed by atoms with Gasteiger partial charge in [-0.15, -0.1) is 0 Å². The first-order chi connectivity index (χ1) is 11.7. The van der Waals surface area contributed by atoms with Crippen LogP contribution >= 0.6 is 0 Å². The van der Waals surface area contributed by atoms with E-state index >= 15 is 0 Å². The summed E-state index contributed by atoms with van der Waals surface area (Å²) in [5.74, 6) is 0.496. The first-order valence-electron chi connectivity index (χ1n) is 9.21. The van der Waals surface area contributed by atoms with Gasteiger partial charge in [-0.05, 0) is 43.4 Å². The third-order valence-electron chi connectivity index (χ3n) is 5.41. The SMILES string of the molecule is OCCCNC[C@@H]1O[C@H](C2CCCCC2)Cc2c1ccc(O)c2O. The van der Waals surface area contributed by atoms with Crippen LogP contribution in [-0.2, 0) is 11.2 Å². The van der Waals surface area contributed by atoms with Crippen molar-refractivity contribution in [2.24, 2.45) is 5.92 Å². The van der Waals surface area contributed by atoms with Crippen molar-refractivity contribution in [3.05, 3.63) is 23.3 Å². The van der Waals surface area contributed by atoms with E-state index < -0.39 is 0 Å². The summed E-state index contributed by atoms with van der Waals surface area (Å²) in [5, 5.41) is 32.4. The molecule has 4 N–H and O–H groups in total. The first-order valence-corrected chi connectivity index (χ1v) is 9.21. The van der Waals surface area contributed by atoms with Crippen LogP contribution in [-0.4, -0.2) is 41.1 Å². The van der Waals surface area contributed by atoms with Crippen LogP contribution in [0.5, 0.6) is 11.5 Å². The lowest BCUT2D eigenvalue weighted by Crippen LogP contribution is -2.37. The number of aromatic hydroxyl groups is 2. The molecule has 134 valence electrons. The minimum atomic E-state index is -0.120. The molecule has 1 fully saturated rings. The molecule has 1 aromatic rings. The molecule has 1 aliphatic heterocycles. The van der Waals surface area contributed by atoms with Crippen molar-refractivity contribution in [2.45, 2.75) is 57.2 Å². The van der Waals surface area contributed by atoms with Crippen molar-refractivity contribution in [1.82, 2.24) is 5.32 Å². The molecule has 0 saturated heterocycles. The fourth-order valence-corrected chi connectivity index (χ4v) is 4.07. The van der Waals surface area contributed by atoms with Gasteiger partial charge in [0.25, 0.3) is 0 Å². The van der Waals surface area contributed by atoms with Gasteiger partial charge in [0.1, 0.15) is 0 Å². The van der Waals surface area contributed by atoms with E-state index in [2.05, 4.69) is 5.32 Å². The summed E-state index contributed by atoms with van der Waals surface area (Å²) in [5.41, 5.74) is 1.81. The Kier molecular flexibility index (Phi) is 5.98. The monoisotopic (exact) mass is 335 g/mol. The number of hydrogen-bond donors (Lipinski definition) is 4. The Balaban J connectivity index is 1.78. The Morgan fingerprint density at radius 3 is 2.67 bits per heavy atom. The lowest BCUT2D eigenvalue weighted by Gasteiger charge is -2.38. The van der Waals surface area contributed by atoms with E-state index in [9.17, 15) is 10.2 Å². The van der Waals surface area contributed by atoms with Gasteiger partial charge in [-0.2, -0.15) is 0 Å². The van der Waals surface area contributed by atoms with Gasteiger partial charge in [-0.1, -0.05) is 25.3 Å². The van der Waals surface area contributed by atoms with E-state index in [1.54, 1.807) is 6.07 Å². The lowest BCUT2D eigenvalue weighted by molar-refractivity contribution is -0.0626. The Morgan fingerprint density at radius 1 is 1.12 bits per heavy atom. The summed E-state index contributed by atoms with van der Waals surface area (Å²) in [6.45, 7) is 1.57. The highest BCUT2D eigenvalue weighted by Crippen LogP contribution is 2.43. The molecular weight excluding hydrogens is 306 g/mol. The molecule has 5 nitrogen and oxygen atoms in total. The number of rotatable bonds is 6. The van der Waals surface area contributed by atoms with Crippen LogP contribution in [0.3, 0.4) is 0 Å². The average molecular weight is 335 g/mol. The Bertz CT molecular complexity index is 542. The predicted molar refractivity (Wildman–Crippen MR) is 92.2 cm³/mol. The van der Waals surface area contributed by atoms with Crippen molar-refractivity contribution >= 4 is 0 Å². The third kappa shape index (κ3) is 3.85. The molecule has 1 heterocycles. The second kappa shape index (κ2) is 8.19. The molecule has 2 aliphatic rings. The normalized spacial score (nSPS) is 24.7. The summed E-state index contributed by atoms with van der Waals surface area (Å²) in [6, 6.07) is 3.40. The molecule has 0 amide bonds. The van der Waals surface area contributed by atoms with Gasteiger partial charge in [0.05, 0.1) is 12.2 Å². The number of aliphatic hydroxyl groups excluding tert-OH is 1. The molecule has 0 radical (unpaired) electrons. The van der Waals surface area contributed by atoms with E-state index in [1.165, 1.54) is 32.1 Å². The predicted octanol–water partition coefficient (Wildman–Crippen LogP) is 2.63. The van der Waals surface area contributed by atoms with Crippen LogP contribution in [0.2, 0.25) is 0 Å². The second-order valence-electron chi connectivity index (χ2n) is 7.05. The highest BCUT2D eigenvalue weighted by molar-refractivity contribution is 5.51. The van der Waals surface area contributed by atoms with E-state index in [1.807, 2.05) is 6.07 Å². The zero-order valence-electron chi connectivity index (χ0n) is 14.2. The zero-order chi connectivity index (χ0) is 16.9. The number of hydrogen-bond acceptors (Lipinski definition) is 5. The minimum absolute atomic E-state index is 0.0111. The maximum atomic E-state index is 10.3. The molecule has 3 rings (SSSR count). The van der Waals surface area contributed by atoms with E-state index in [-0.39, 0.29) is 30.3 Å². The van der Waals surface area contributed by atoms with Crippen LogP contribution in [0.1, 0.15) is 55.8 Å². The van der Waals surface area contributed by atoms with Gasteiger partial charge in [-0.3, -0.25) is 0 Å². The van der Waals surface area contributed by atoms with E-state index in [0.29, 0.717) is 25.3 Å². The molecule has 0 bridgehead atoms. The maximum Gasteiger partial charge on any atom is 0.161 e. The van der Waals surface area contributed by atoms with Crippen LogP contribution < -0.4 is 5.32 Å². The first kappa shape index (κ1) is 17.5. The van der Waals surface area contributed by atoms with Crippen molar-refractivity contribution in [3.8, 4) is 11.5 Å². The molecule has 24 heavy (non-hydrogen) atoms. The van der Waals surface area contributed by atoms with Crippen LogP contribution in [0.25, 0.3) is 0 Å². The Hall–Kier alpha value is -1.30. The highest BCUT2D eigenvalue weighted by atomic mass is 16.5. The zero-order valence-corrected chi connectivity index (χ0v) is 14.2.